The molecule has 3 rings (SSSR count). The summed E-state index contributed by atoms with van der Waals surface area (Å²) in [5, 5.41) is 14.6. The molecule has 0 aliphatic rings. The van der Waals surface area contributed by atoms with E-state index in [1.54, 1.807) is 0 Å². The molecule has 0 fully saturated rings. The number of anilines is 3. The zero-order valence-corrected chi connectivity index (χ0v) is 18.4. The van der Waals surface area contributed by atoms with E-state index in [2.05, 4.69) is 20.8 Å². The molecular weight excluding hydrogens is 436 g/mol. The Bertz CT molecular complexity index is 1130. The van der Waals surface area contributed by atoms with Crippen molar-refractivity contribution in [1.82, 2.24) is 10.2 Å². The van der Waals surface area contributed by atoms with Gasteiger partial charge in [0.25, 0.3) is 0 Å². The molecule has 0 unspecified atom stereocenters. The van der Waals surface area contributed by atoms with E-state index < -0.39 is 11.8 Å². The van der Waals surface area contributed by atoms with Gasteiger partial charge in [-0.1, -0.05) is 29.2 Å². The van der Waals surface area contributed by atoms with E-state index in [1.807, 2.05) is 32.0 Å². The quantitative estimate of drug-likeness (QED) is 0.380. The van der Waals surface area contributed by atoms with Gasteiger partial charge in [-0.25, -0.2) is 0 Å². The number of rotatable bonds is 8. The third-order valence-electron chi connectivity index (χ3n) is 4.28. The largest absolute Gasteiger partial charge is 0.366 e. The zero-order chi connectivity index (χ0) is 22.5. The summed E-state index contributed by atoms with van der Waals surface area (Å²) in [5.74, 6) is -1.75. The van der Waals surface area contributed by atoms with Crippen LogP contribution in [0, 0.1) is 13.8 Å². The monoisotopic (exact) mass is 456 g/mol. The Hall–Kier alpha value is -3.44. The van der Waals surface area contributed by atoms with Gasteiger partial charge in [0.05, 0.1) is 5.75 Å². The first-order chi connectivity index (χ1) is 14.7. The minimum absolute atomic E-state index is 0.0605. The first-order valence-corrected chi connectivity index (χ1v) is 10.9. The van der Waals surface area contributed by atoms with E-state index in [0.29, 0.717) is 9.47 Å². The second-order valence-electron chi connectivity index (χ2n) is 6.66. The topological polar surface area (TPSA) is 153 Å². The lowest BCUT2D eigenvalue weighted by molar-refractivity contribution is -0.113. The maximum Gasteiger partial charge on any atom is 0.248 e. The number of primary amides is 2. The standard InChI is InChI=1S/C20H20N6O3S2/c1-10-3-4-14(5-11(10)2)24-19-25-26-20(31-19)30-9-16(27)23-15-7-12(17(21)28)6-13(8-15)18(22)29/h3-8H,9H2,1-2H3,(H2,21,28)(H2,22,29)(H,23,27)(H,24,25). The van der Waals surface area contributed by atoms with E-state index >= 15 is 0 Å². The van der Waals surface area contributed by atoms with Gasteiger partial charge in [0.1, 0.15) is 0 Å². The second kappa shape index (κ2) is 9.58. The molecule has 0 saturated heterocycles. The highest BCUT2D eigenvalue weighted by Crippen LogP contribution is 2.28. The first kappa shape index (κ1) is 22.2. The average Bonchev–Trinajstić information content (AvgIpc) is 3.16. The third kappa shape index (κ3) is 6.03. The molecule has 0 atom stereocenters. The number of benzene rings is 2. The molecule has 1 aromatic heterocycles. The van der Waals surface area contributed by atoms with Crippen LogP contribution in [0.5, 0.6) is 0 Å². The van der Waals surface area contributed by atoms with Crippen LogP contribution in [-0.4, -0.2) is 33.7 Å². The van der Waals surface area contributed by atoms with E-state index in [-0.39, 0.29) is 28.5 Å². The van der Waals surface area contributed by atoms with Gasteiger partial charge in [-0.3, -0.25) is 14.4 Å². The highest BCUT2D eigenvalue weighted by molar-refractivity contribution is 8.01. The fraction of sp³-hybridized carbons (Fsp3) is 0.150. The molecule has 0 aliphatic carbocycles. The van der Waals surface area contributed by atoms with Crippen LogP contribution in [0.15, 0.2) is 40.7 Å². The summed E-state index contributed by atoms with van der Waals surface area (Å²) in [6.07, 6.45) is 0. The summed E-state index contributed by atoms with van der Waals surface area (Å²) >= 11 is 2.54. The van der Waals surface area contributed by atoms with Crippen molar-refractivity contribution in [2.75, 3.05) is 16.4 Å². The maximum absolute atomic E-state index is 12.3. The second-order valence-corrected chi connectivity index (χ2v) is 8.86. The molecule has 3 amide bonds. The third-order valence-corrected chi connectivity index (χ3v) is 6.25. The Morgan fingerprint density at radius 2 is 1.61 bits per heavy atom. The molecule has 31 heavy (non-hydrogen) atoms. The molecule has 1 heterocycles. The molecule has 9 nitrogen and oxygen atoms in total. The zero-order valence-electron chi connectivity index (χ0n) is 16.8. The molecule has 0 bridgehead atoms. The summed E-state index contributed by atoms with van der Waals surface area (Å²) < 4.78 is 0.616. The molecule has 2 aromatic carbocycles. The van der Waals surface area contributed by atoms with Crippen molar-refractivity contribution in [3.63, 3.8) is 0 Å². The fourth-order valence-corrected chi connectivity index (χ4v) is 4.14. The van der Waals surface area contributed by atoms with Crippen molar-refractivity contribution in [2.45, 2.75) is 18.2 Å². The SMILES string of the molecule is Cc1ccc(Nc2nnc(SCC(=O)Nc3cc(C(N)=O)cc(C(N)=O)c3)s2)cc1C. The van der Waals surface area contributed by atoms with Crippen LogP contribution < -0.4 is 22.1 Å². The van der Waals surface area contributed by atoms with Crippen molar-refractivity contribution in [2.24, 2.45) is 11.5 Å². The van der Waals surface area contributed by atoms with Gasteiger partial charge >= 0.3 is 0 Å². The summed E-state index contributed by atoms with van der Waals surface area (Å²) in [7, 11) is 0. The van der Waals surface area contributed by atoms with E-state index in [9.17, 15) is 14.4 Å². The normalized spacial score (nSPS) is 10.5. The summed E-state index contributed by atoms with van der Waals surface area (Å²) in [6.45, 7) is 4.08. The van der Waals surface area contributed by atoms with Gasteiger partial charge < -0.3 is 22.1 Å². The lowest BCUT2D eigenvalue weighted by Crippen LogP contribution is -2.18. The molecule has 3 aromatic rings. The number of aromatic nitrogens is 2. The predicted molar refractivity (Wildman–Crippen MR) is 122 cm³/mol. The summed E-state index contributed by atoms with van der Waals surface area (Å²) in [6, 6.07) is 10.1. The maximum atomic E-state index is 12.3. The van der Waals surface area contributed by atoms with E-state index in [4.69, 9.17) is 11.5 Å². The van der Waals surface area contributed by atoms with Gasteiger partial charge in [0.15, 0.2) is 4.34 Å². The summed E-state index contributed by atoms with van der Waals surface area (Å²) in [5.41, 5.74) is 14.2. The molecule has 6 N–H and O–H groups in total. The minimum atomic E-state index is -0.731. The Kier molecular flexibility index (Phi) is 6.88. The number of hydrogen-bond donors (Lipinski definition) is 4. The number of amides is 3. The Morgan fingerprint density at radius 1 is 0.935 bits per heavy atom. The smallest absolute Gasteiger partial charge is 0.248 e. The Labute approximate surface area is 186 Å². The van der Waals surface area contributed by atoms with Gasteiger partial charge in [0.2, 0.25) is 22.9 Å². The van der Waals surface area contributed by atoms with Gasteiger partial charge in [-0.2, -0.15) is 0 Å². The number of hydrogen-bond acceptors (Lipinski definition) is 8. The highest BCUT2D eigenvalue weighted by atomic mass is 32.2. The molecule has 0 spiro atoms. The van der Waals surface area contributed by atoms with E-state index in [0.717, 1.165) is 5.69 Å². The van der Waals surface area contributed by atoms with Crippen molar-refractivity contribution < 1.29 is 14.4 Å². The van der Waals surface area contributed by atoms with Crippen LogP contribution in [-0.2, 0) is 4.79 Å². The summed E-state index contributed by atoms with van der Waals surface area (Å²) in [4.78, 5) is 35.1. The molecular formula is C20H20N6O3S2. The van der Waals surface area contributed by atoms with Gasteiger partial charge in [-0.05, 0) is 55.3 Å². The van der Waals surface area contributed by atoms with Crippen LogP contribution in [0.2, 0.25) is 0 Å². The first-order valence-electron chi connectivity index (χ1n) is 9.06. The Morgan fingerprint density at radius 3 is 2.23 bits per heavy atom. The molecule has 0 radical (unpaired) electrons. The Balaban J connectivity index is 1.59. The number of nitrogens with two attached hydrogens (primary N) is 2. The predicted octanol–water partition coefficient (Wildman–Crippen LogP) is 2.83. The van der Waals surface area contributed by atoms with Crippen molar-refractivity contribution >= 4 is 57.3 Å². The van der Waals surface area contributed by atoms with Crippen molar-refractivity contribution in [1.29, 1.82) is 0 Å². The molecule has 160 valence electrons. The number of aryl methyl sites for hydroxylation is 2. The van der Waals surface area contributed by atoms with Crippen molar-refractivity contribution in [3.8, 4) is 0 Å². The molecule has 0 saturated carbocycles. The minimum Gasteiger partial charge on any atom is -0.366 e. The van der Waals surface area contributed by atoms with Gasteiger partial charge in [-0.15, -0.1) is 10.2 Å². The van der Waals surface area contributed by atoms with Crippen LogP contribution in [0.1, 0.15) is 31.8 Å². The lowest BCUT2D eigenvalue weighted by Gasteiger charge is -2.08. The number of carbonyl (C=O) groups is 3. The molecule has 11 heteroatoms. The van der Waals surface area contributed by atoms with Crippen LogP contribution in [0.4, 0.5) is 16.5 Å². The highest BCUT2D eigenvalue weighted by Gasteiger charge is 2.13. The van der Waals surface area contributed by atoms with Crippen LogP contribution >= 0.6 is 23.1 Å². The van der Waals surface area contributed by atoms with Crippen LogP contribution in [0.25, 0.3) is 0 Å². The molecule has 0 aliphatic heterocycles. The number of carbonyl (C=O) groups excluding carboxylic acids is 3. The fourth-order valence-electron chi connectivity index (χ4n) is 2.57. The van der Waals surface area contributed by atoms with E-state index in [1.165, 1.54) is 52.4 Å². The lowest BCUT2D eigenvalue weighted by atomic mass is 10.1. The van der Waals surface area contributed by atoms with Crippen molar-refractivity contribution in [3.05, 3.63) is 58.7 Å². The van der Waals surface area contributed by atoms with Crippen LogP contribution in [0.3, 0.4) is 0 Å². The number of nitrogens with one attached hydrogen (secondary N) is 2. The average molecular weight is 457 g/mol. The van der Waals surface area contributed by atoms with Gasteiger partial charge in [0, 0.05) is 22.5 Å². The number of nitrogens with zero attached hydrogens (tertiary/aromatic N) is 2. The number of thioether (sulfide) groups is 1.